The molecule has 0 aliphatic heterocycles. The number of halogens is 3. The average Bonchev–Trinajstić information content (AvgIpc) is 3.08. The molecule has 150 valence electrons. The molecule has 0 aliphatic carbocycles. The first-order valence-corrected chi connectivity index (χ1v) is 9.59. The summed E-state index contributed by atoms with van der Waals surface area (Å²) in [4.78, 5) is 1.93. The molecule has 0 fully saturated rings. The first-order chi connectivity index (χ1) is 13.3. The molecule has 4 nitrogen and oxygen atoms in total. The first kappa shape index (κ1) is 20.7. The number of rotatable bonds is 7. The third kappa shape index (κ3) is 4.35. The average molecular weight is 408 g/mol. The number of H-pyrrole nitrogens is 1. The minimum Gasteiger partial charge on any atom is -0.387 e. The van der Waals surface area contributed by atoms with Gasteiger partial charge >= 0.3 is 0 Å². The van der Waals surface area contributed by atoms with E-state index in [9.17, 15) is 13.9 Å². The molecule has 0 amide bonds. The summed E-state index contributed by atoms with van der Waals surface area (Å²) in [6.45, 7) is 4.53. The highest BCUT2D eigenvalue weighted by atomic mass is 35.5. The number of fused-ring (bicyclic) bond motifs is 1. The number of aliphatic hydroxyl groups is 1. The molecule has 28 heavy (non-hydrogen) atoms. The van der Waals surface area contributed by atoms with Gasteiger partial charge in [-0.2, -0.15) is 5.10 Å². The van der Waals surface area contributed by atoms with Crippen molar-refractivity contribution in [3.05, 3.63) is 64.3 Å². The molecule has 2 aromatic carbocycles. The van der Waals surface area contributed by atoms with Crippen LogP contribution < -0.4 is 0 Å². The maximum Gasteiger partial charge on any atom is 0.133 e. The van der Waals surface area contributed by atoms with Crippen molar-refractivity contribution in [1.82, 2.24) is 15.1 Å². The van der Waals surface area contributed by atoms with Crippen molar-refractivity contribution in [2.24, 2.45) is 5.92 Å². The van der Waals surface area contributed by atoms with Gasteiger partial charge in [-0.1, -0.05) is 37.6 Å². The monoisotopic (exact) mass is 407 g/mol. The van der Waals surface area contributed by atoms with Crippen molar-refractivity contribution in [3.8, 4) is 0 Å². The van der Waals surface area contributed by atoms with Gasteiger partial charge in [0.05, 0.1) is 17.3 Å². The van der Waals surface area contributed by atoms with Crippen LogP contribution in [-0.4, -0.2) is 33.3 Å². The number of hydrogen-bond acceptors (Lipinski definition) is 3. The molecule has 3 aromatic rings. The molecule has 7 heteroatoms. The summed E-state index contributed by atoms with van der Waals surface area (Å²) >= 11 is 5.72. The summed E-state index contributed by atoms with van der Waals surface area (Å²) in [6.07, 6.45) is 0.999. The fourth-order valence-electron chi connectivity index (χ4n) is 3.61. The lowest BCUT2D eigenvalue weighted by Gasteiger charge is -2.34. The molecule has 0 spiro atoms. The molecular formula is C21H24ClF2N3O. The van der Waals surface area contributed by atoms with Crippen molar-refractivity contribution in [2.45, 2.75) is 39.0 Å². The Morgan fingerprint density at radius 1 is 1.21 bits per heavy atom. The highest BCUT2D eigenvalue weighted by Gasteiger charge is 2.30. The number of nitrogens with one attached hydrogen (secondary N) is 1. The lowest BCUT2D eigenvalue weighted by atomic mass is 9.92. The topological polar surface area (TPSA) is 52.1 Å². The zero-order chi connectivity index (χ0) is 20.4. The van der Waals surface area contributed by atoms with Crippen LogP contribution >= 0.6 is 11.6 Å². The molecule has 0 saturated heterocycles. The van der Waals surface area contributed by atoms with Crippen molar-refractivity contribution in [3.63, 3.8) is 0 Å². The quantitative estimate of drug-likeness (QED) is 0.574. The lowest BCUT2D eigenvalue weighted by Crippen LogP contribution is -2.38. The van der Waals surface area contributed by atoms with Crippen LogP contribution in [0.2, 0.25) is 5.02 Å². The molecule has 2 unspecified atom stereocenters. The van der Waals surface area contributed by atoms with Crippen molar-refractivity contribution in [1.29, 1.82) is 0 Å². The smallest absolute Gasteiger partial charge is 0.133 e. The molecule has 1 heterocycles. The Bertz CT molecular complexity index is 937. The van der Waals surface area contributed by atoms with Gasteiger partial charge in [0.1, 0.15) is 17.7 Å². The van der Waals surface area contributed by atoms with Gasteiger partial charge < -0.3 is 5.11 Å². The number of hydrogen-bond donors (Lipinski definition) is 2. The fourth-order valence-corrected chi connectivity index (χ4v) is 3.81. The first-order valence-electron chi connectivity index (χ1n) is 9.21. The molecule has 0 bridgehead atoms. The van der Waals surface area contributed by atoms with E-state index in [0.717, 1.165) is 28.6 Å². The van der Waals surface area contributed by atoms with Crippen molar-refractivity contribution >= 4 is 22.5 Å². The Balaban J connectivity index is 1.92. The van der Waals surface area contributed by atoms with E-state index in [0.29, 0.717) is 13.0 Å². The van der Waals surface area contributed by atoms with Crippen LogP contribution in [0.3, 0.4) is 0 Å². The predicted octanol–water partition coefficient (Wildman–Crippen LogP) is 5.07. The minimum absolute atomic E-state index is 0.0358. The minimum atomic E-state index is -1.33. The van der Waals surface area contributed by atoms with Crippen LogP contribution in [0, 0.1) is 17.6 Å². The van der Waals surface area contributed by atoms with E-state index in [2.05, 4.69) is 10.2 Å². The Morgan fingerprint density at radius 2 is 1.89 bits per heavy atom. The van der Waals surface area contributed by atoms with E-state index in [4.69, 9.17) is 11.6 Å². The van der Waals surface area contributed by atoms with Gasteiger partial charge in [-0.3, -0.25) is 10.00 Å². The molecule has 2 N–H and O–H groups in total. The number of aromatic nitrogens is 2. The van der Waals surface area contributed by atoms with E-state index in [-0.39, 0.29) is 16.5 Å². The van der Waals surface area contributed by atoms with Gasteiger partial charge in [-0.15, -0.1) is 0 Å². The van der Waals surface area contributed by atoms with E-state index >= 15 is 0 Å². The third-order valence-corrected chi connectivity index (χ3v) is 5.20. The van der Waals surface area contributed by atoms with Gasteiger partial charge in [0.25, 0.3) is 0 Å². The molecule has 0 radical (unpaired) electrons. The van der Waals surface area contributed by atoms with E-state index in [1.165, 1.54) is 0 Å². The highest BCUT2D eigenvalue weighted by molar-refractivity contribution is 6.30. The second kappa shape index (κ2) is 8.55. The highest BCUT2D eigenvalue weighted by Crippen LogP contribution is 2.32. The molecule has 3 rings (SSSR count). The van der Waals surface area contributed by atoms with Crippen LogP contribution in [0.5, 0.6) is 0 Å². The van der Waals surface area contributed by atoms with Gasteiger partial charge in [0, 0.05) is 23.0 Å². The second-order valence-electron chi connectivity index (χ2n) is 7.59. The number of nitrogens with zero attached hydrogens (tertiary/aromatic N) is 2. The standard InChI is InChI=1S/C21H24ClF2N3O/c1-12(2)7-19(21(28)20-16(23)8-14(22)9-17(20)24)27(3)11-13-5-4-6-18-15(13)10-25-26-18/h4-6,8-10,12,19,21,28H,7,11H2,1-3H3,(H,25,26). The number of aromatic amines is 1. The number of likely N-dealkylation sites (N-methyl/N-ethyl adjacent to an activating group) is 1. The largest absolute Gasteiger partial charge is 0.387 e. The summed E-state index contributed by atoms with van der Waals surface area (Å²) in [5.74, 6) is -1.45. The number of benzene rings is 2. The summed E-state index contributed by atoms with van der Waals surface area (Å²) in [7, 11) is 1.85. The Labute approximate surface area is 168 Å². The van der Waals surface area contributed by atoms with Crippen molar-refractivity contribution < 1.29 is 13.9 Å². The summed E-state index contributed by atoms with van der Waals surface area (Å²) < 4.78 is 28.8. The van der Waals surface area contributed by atoms with Gasteiger partial charge in [0.15, 0.2) is 0 Å². The summed E-state index contributed by atoms with van der Waals surface area (Å²) in [6, 6.07) is 7.42. The SMILES string of the molecule is CC(C)CC(C(O)c1c(F)cc(Cl)cc1F)N(C)Cc1cccc2[nH]ncc12. The van der Waals surface area contributed by atoms with Crippen molar-refractivity contribution in [2.75, 3.05) is 7.05 Å². The summed E-state index contributed by atoms with van der Waals surface area (Å²) in [5, 5.41) is 18.9. The second-order valence-corrected chi connectivity index (χ2v) is 8.02. The van der Waals surface area contributed by atoms with Crippen LogP contribution in [0.4, 0.5) is 8.78 Å². The predicted molar refractivity (Wildman–Crippen MR) is 107 cm³/mol. The van der Waals surface area contributed by atoms with Gasteiger partial charge in [-0.05, 0) is 43.1 Å². The normalized spacial score (nSPS) is 14.2. The Kier molecular flexibility index (Phi) is 6.33. The molecule has 0 saturated carbocycles. The van der Waals surface area contributed by atoms with Crippen LogP contribution in [0.15, 0.2) is 36.5 Å². The zero-order valence-corrected chi connectivity index (χ0v) is 16.8. The van der Waals surface area contributed by atoms with Crippen LogP contribution in [0.25, 0.3) is 10.9 Å². The maximum absolute atomic E-state index is 14.4. The zero-order valence-electron chi connectivity index (χ0n) is 16.1. The molecule has 2 atom stereocenters. The molecular weight excluding hydrogens is 384 g/mol. The van der Waals surface area contributed by atoms with Gasteiger partial charge in [0.2, 0.25) is 0 Å². The van der Waals surface area contributed by atoms with Crippen LogP contribution in [-0.2, 0) is 6.54 Å². The van der Waals surface area contributed by atoms with E-state index in [1.54, 1.807) is 6.20 Å². The van der Waals surface area contributed by atoms with Gasteiger partial charge in [-0.25, -0.2) is 8.78 Å². The Morgan fingerprint density at radius 3 is 2.54 bits per heavy atom. The number of aliphatic hydroxyl groups excluding tert-OH is 1. The molecule has 1 aromatic heterocycles. The van der Waals surface area contributed by atoms with E-state index < -0.39 is 23.8 Å². The maximum atomic E-state index is 14.4. The van der Waals surface area contributed by atoms with E-state index in [1.807, 2.05) is 44.0 Å². The summed E-state index contributed by atoms with van der Waals surface area (Å²) in [5.41, 5.74) is 1.59. The fraction of sp³-hybridized carbons (Fsp3) is 0.381. The Hall–Kier alpha value is -2.02. The lowest BCUT2D eigenvalue weighted by molar-refractivity contribution is 0.0419. The third-order valence-electron chi connectivity index (χ3n) is 4.98. The molecule has 0 aliphatic rings. The van der Waals surface area contributed by atoms with Crippen LogP contribution in [0.1, 0.15) is 37.5 Å².